The summed E-state index contributed by atoms with van der Waals surface area (Å²) < 4.78 is 39.4. The molecule has 21 heavy (non-hydrogen) atoms. The van der Waals surface area contributed by atoms with Gasteiger partial charge in [0.2, 0.25) is 10.0 Å². The molecule has 0 atom stereocenters. The van der Waals surface area contributed by atoms with Crippen molar-refractivity contribution in [3.8, 4) is 11.8 Å². The van der Waals surface area contributed by atoms with E-state index in [1.165, 1.54) is 18.2 Å². The van der Waals surface area contributed by atoms with Gasteiger partial charge in [0.15, 0.2) is 11.6 Å². The molecule has 2 aromatic carbocycles. The standard InChI is InChI=1S/C14H11FN2O3S/c15-13-7-12(5-6-14(13)18)17-21(19,20)9-11-4-2-1-3-10(11)8-16/h1-7,17-18H,9H2. The Hall–Kier alpha value is -2.59. The Kier molecular flexibility index (Phi) is 4.10. The lowest BCUT2D eigenvalue weighted by molar-refractivity contribution is 0.432. The van der Waals surface area contributed by atoms with Gasteiger partial charge in [-0.25, -0.2) is 12.8 Å². The molecule has 0 aliphatic rings. The number of hydrogen-bond donors (Lipinski definition) is 2. The highest BCUT2D eigenvalue weighted by Crippen LogP contribution is 2.21. The minimum Gasteiger partial charge on any atom is -0.505 e. The van der Waals surface area contributed by atoms with E-state index in [-0.39, 0.29) is 11.3 Å². The van der Waals surface area contributed by atoms with Gasteiger partial charge < -0.3 is 5.11 Å². The highest BCUT2D eigenvalue weighted by atomic mass is 32.2. The van der Waals surface area contributed by atoms with E-state index in [4.69, 9.17) is 10.4 Å². The molecule has 0 saturated carbocycles. The van der Waals surface area contributed by atoms with E-state index in [2.05, 4.69) is 4.72 Å². The Balaban J connectivity index is 2.23. The van der Waals surface area contributed by atoms with Gasteiger partial charge in [0, 0.05) is 6.07 Å². The maximum Gasteiger partial charge on any atom is 0.236 e. The number of halogens is 1. The number of rotatable bonds is 4. The predicted molar refractivity (Wildman–Crippen MR) is 75.5 cm³/mol. The summed E-state index contributed by atoms with van der Waals surface area (Å²) in [4.78, 5) is 0. The fraction of sp³-hybridized carbons (Fsp3) is 0.0714. The molecular formula is C14H11FN2O3S. The van der Waals surface area contributed by atoms with Gasteiger partial charge in [0.05, 0.1) is 23.1 Å². The molecule has 0 aliphatic carbocycles. The van der Waals surface area contributed by atoms with E-state index in [0.29, 0.717) is 5.56 Å². The van der Waals surface area contributed by atoms with Crippen molar-refractivity contribution in [2.75, 3.05) is 4.72 Å². The van der Waals surface area contributed by atoms with Crippen molar-refractivity contribution in [3.63, 3.8) is 0 Å². The largest absolute Gasteiger partial charge is 0.505 e. The topological polar surface area (TPSA) is 90.2 Å². The van der Waals surface area contributed by atoms with E-state index in [1.807, 2.05) is 6.07 Å². The van der Waals surface area contributed by atoms with Gasteiger partial charge in [0.1, 0.15) is 0 Å². The van der Waals surface area contributed by atoms with Crippen LogP contribution in [0.2, 0.25) is 0 Å². The molecule has 0 radical (unpaired) electrons. The Morgan fingerprint density at radius 3 is 2.62 bits per heavy atom. The first-order valence-corrected chi connectivity index (χ1v) is 7.53. The van der Waals surface area contributed by atoms with Crippen LogP contribution in [-0.2, 0) is 15.8 Å². The van der Waals surface area contributed by atoms with Crippen LogP contribution >= 0.6 is 0 Å². The summed E-state index contributed by atoms with van der Waals surface area (Å²) in [5.74, 6) is -1.89. The summed E-state index contributed by atoms with van der Waals surface area (Å²) >= 11 is 0. The number of anilines is 1. The van der Waals surface area contributed by atoms with Crippen LogP contribution in [-0.4, -0.2) is 13.5 Å². The Bertz CT molecular complexity index is 813. The van der Waals surface area contributed by atoms with E-state index >= 15 is 0 Å². The van der Waals surface area contributed by atoms with Crippen molar-refractivity contribution < 1.29 is 17.9 Å². The molecule has 2 aromatic rings. The molecule has 2 rings (SSSR count). The molecule has 0 heterocycles. The Morgan fingerprint density at radius 1 is 1.24 bits per heavy atom. The normalized spacial score (nSPS) is 10.9. The number of nitriles is 1. The number of sulfonamides is 1. The lowest BCUT2D eigenvalue weighted by Crippen LogP contribution is -2.15. The smallest absolute Gasteiger partial charge is 0.236 e. The fourth-order valence-electron chi connectivity index (χ4n) is 1.75. The van der Waals surface area contributed by atoms with Gasteiger partial charge in [-0.05, 0) is 23.8 Å². The molecule has 0 aromatic heterocycles. The molecular weight excluding hydrogens is 295 g/mol. The zero-order chi connectivity index (χ0) is 15.5. The van der Waals surface area contributed by atoms with Gasteiger partial charge in [-0.2, -0.15) is 5.26 Å². The Labute approximate surface area is 121 Å². The molecule has 5 nitrogen and oxygen atoms in total. The summed E-state index contributed by atoms with van der Waals surface area (Å²) in [5, 5.41) is 18.0. The quantitative estimate of drug-likeness (QED) is 0.848. The maximum atomic E-state index is 13.2. The first kappa shape index (κ1) is 14.8. The van der Waals surface area contributed by atoms with Crippen LogP contribution in [0.4, 0.5) is 10.1 Å². The van der Waals surface area contributed by atoms with Crippen LogP contribution in [0.3, 0.4) is 0 Å². The number of hydrogen-bond acceptors (Lipinski definition) is 4. The molecule has 0 aliphatic heterocycles. The number of phenols is 1. The van der Waals surface area contributed by atoms with Crippen molar-refractivity contribution in [1.29, 1.82) is 5.26 Å². The molecule has 0 fully saturated rings. The third-order valence-corrected chi connectivity index (χ3v) is 3.94. The average molecular weight is 306 g/mol. The number of nitrogens with zero attached hydrogens (tertiary/aromatic N) is 1. The van der Waals surface area contributed by atoms with E-state index in [1.54, 1.807) is 12.1 Å². The molecule has 0 amide bonds. The van der Waals surface area contributed by atoms with Crippen molar-refractivity contribution in [3.05, 3.63) is 59.4 Å². The Morgan fingerprint density at radius 2 is 1.95 bits per heavy atom. The summed E-state index contributed by atoms with van der Waals surface area (Å²) in [6.45, 7) is 0. The van der Waals surface area contributed by atoms with Crippen LogP contribution in [0.5, 0.6) is 5.75 Å². The zero-order valence-electron chi connectivity index (χ0n) is 10.7. The predicted octanol–water partition coefficient (Wildman–Crippen LogP) is 2.34. The molecule has 0 spiro atoms. The van der Waals surface area contributed by atoms with E-state index < -0.39 is 27.3 Å². The second-order valence-electron chi connectivity index (χ2n) is 4.30. The number of aromatic hydroxyl groups is 1. The van der Waals surface area contributed by atoms with Crippen LogP contribution in [0.1, 0.15) is 11.1 Å². The van der Waals surface area contributed by atoms with Crippen LogP contribution in [0.25, 0.3) is 0 Å². The fourth-order valence-corrected chi connectivity index (χ4v) is 2.97. The van der Waals surface area contributed by atoms with Gasteiger partial charge >= 0.3 is 0 Å². The molecule has 7 heteroatoms. The minimum atomic E-state index is -3.80. The molecule has 0 saturated heterocycles. The third-order valence-electron chi connectivity index (χ3n) is 2.70. The van der Waals surface area contributed by atoms with Gasteiger partial charge in [-0.15, -0.1) is 0 Å². The van der Waals surface area contributed by atoms with Crippen LogP contribution < -0.4 is 4.72 Å². The maximum absolute atomic E-state index is 13.2. The molecule has 108 valence electrons. The third kappa shape index (κ3) is 3.70. The summed E-state index contributed by atoms with van der Waals surface area (Å²) in [5.41, 5.74) is 0.617. The number of nitrogens with one attached hydrogen (secondary N) is 1. The van der Waals surface area contributed by atoms with Gasteiger partial charge in [-0.1, -0.05) is 18.2 Å². The number of benzene rings is 2. The summed E-state index contributed by atoms with van der Waals surface area (Å²) in [6, 6.07) is 11.4. The van der Waals surface area contributed by atoms with Gasteiger partial charge in [0.25, 0.3) is 0 Å². The SMILES string of the molecule is N#Cc1ccccc1CS(=O)(=O)Nc1ccc(O)c(F)c1. The van der Waals surface area contributed by atoms with E-state index in [0.717, 1.165) is 12.1 Å². The van der Waals surface area contributed by atoms with Crippen molar-refractivity contribution in [2.24, 2.45) is 0 Å². The van der Waals surface area contributed by atoms with Crippen LogP contribution in [0, 0.1) is 17.1 Å². The van der Waals surface area contributed by atoms with E-state index in [9.17, 15) is 12.8 Å². The minimum absolute atomic E-state index is 0.000242. The molecule has 2 N–H and O–H groups in total. The second kappa shape index (κ2) is 5.81. The van der Waals surface area contributed by atoms with Crippen molar-refractivity contribution >= 4 is 15.7 Å². The van der Waals surface area contributed by atoms with Crippen molar-refractivity contribution in [2.45, 2.75) is 5.75 Å². The van der Waals surface area contributed by atoms with Gasteiger partial charge in [-0.3, -0.25) is 4.72 Å². The summed E-state index contributed by atoms with van der Waals surface area (Å²) in [6.07, 6.45) is 0. The zero-order valence-corrected chi connectivity index (χ0v) is 11.6. The first-order chi connectivity index (χ1) is 9.91. The average Bonchev–Trinajstić information content (AvgIpc) is 2.43. The van der Waals surface area contributed by atoms with Crippen molar-refractivity contribution in [1.82, 2.24) is 0 Å². The first-order valence-electron chi connectivity index (χ1n) is 5.88. The molecule has 0 bridgehead atoms. The second-order valence-corrected chi connectivity index (χ2v) is 6.02. The lowest BCUT2D eigenvalue weighted by Gasteiger charge is -2.09. The summed E-state index contributed by atoms with van der Waals surface area (Å²) in [7, 11) is -3.80. The lowest BCUT2D eigenvalue weighted by atomic mass is 10.1. The highest BCUT2D eigenvalue weighted by Gasteiger charge is 2.15. The highest BCUT2D eigenvalue weighted by molar-refractivity contribution is 7.91. The monoisotopic (exact) mass is 306 g/mol. The van der Waals surface area contributed by atoms with Crippen LogP contribution in [0.15, 0.2) is 42.5 Å². The number of phenolic OH excluding ortho intramolecular Hbond substituents is 1. The molecule has 0 unspecified atom stereocenters.